The second-order valence-corrected chi connectivity index (χ2v) is 8.55. The number of aryl methyl sites for hydroxylation is 1. The van der Waals surface area contributed by atoms with Gasteiger partial charge in [0.15, 0.2) is 11.0 Å². The van der Waals surface area contributed by atoms with E-state index in [1.807, 2.05) is 43.7 Å². The van der Waals surface area contributed by atoms with Crippen LogP contribution in [0.25, 0.3) is 11.4 Å². The maximum absolute atomic E-state index is 12.7. The van der Waals surface area contributed by atoms with Gasteiger partial charge in [-0.15, -0.1) is 10.2 Å². The predicted molar refractivity (Wildman–Crippen MR) is 106 cm³/mol. The molecule has 1 N–H and O–H groups in total. The van der Waals surface area contributed by atoms with E-state index in [-0.39, 0.29) is 11.2 Å². The molecule has 1 fully saturated rings. The lowest BCUT2D eigenvalue weighted by atomic mass is 9.83. The molecule has 0 aliphatic heterocycles. The lowest BCUT2D eigenvalue weighted by Crippen LogP contribution is -2.50. The number of nitrogens with zero attached hydrogens (tertiary/aromatic N) is 4. The number of benzene rings is 1. The molecule has 1 heterocycles. The van der Waals surface area contributed by atoms with Gasteiger partial charge in [-0.25, -0.2) is 0 Å². The molecule has 0 radical (unpaired) electrons. The summed E-state index contributed by atoms with van der Waals surface area (Å²) in [5, 5.41) is 21.4. The Morgan fingerprint density at radius 2 is 2.07 bits per heavy atom. The van der Waals surface area contributed by atoms with E-state index in [0.29, 0.717) is 5.16 Å². The van der Waals surface area contributed by atoms with Gasteiger partial charge in [0.25, 0.3) is 0 Å². The first-order valence-electron chi connectivity index (χ1n) is 9.30. The van der Waals surface area contributed by atoms with Crippen molar-refractivity contribution in [2.24, 2.45) is 7.05 Å². The molecule has 1 amide bonds. The fraction of sp³-hybridized carbons (Fsp3) is 0.500. The molecule has 3 rings (SSSR count). The molecule has 142 valence electrons. The van der Waals surface area contributed by atoms with Crippen molar-refractivity contribution in [2.75, 3.05) is 0 Å². The van der Waals surface area contributed by atoms with E-state index >= 15 is 0 Å². The topological polar surface area (TPSA) is 83.6 Å². The summed E-state index contributed by atoms with van der Waals surface area (Å²) in [5.74, 6) is 0.651. The third kappa shape index (κ3) is 4.33. The van der Waals surface area contributed by atoms with Crippen LogP contribution in [0, 0.1) is 18.3 Å². The zero-order valence-corrected chi connectivity index (χ0v) is 16.8. The van der Waals surface area contributed by atoms with Crippen LogP contribution in [0.2, 0.25) is 0 Å². The van der Waals surface area contributed by atoms with Crippen LogP contribution in [-0.2, 0) is 11.8 Å². The van der Waals surface area contributed by atoms with Gasteiger partial charge in [0.2, 0.25) is 5.91 Å². The molecule has 1 aromatic heterocycles. The molecule has 7 heteroatoms. The van der Waals surface area contributed by atoms with E-state index in [1.54, 1.807) is 0 Å². The third-order valence-corrected chi connectivity index (χ3v) is 6.18. The molecule has 0 bridgehead atoms. The smallest absolute Gasteiger partial charge is 0.234 e. The number of hydrogen-bond acceptors (Lipinski definition) is 5. The summed E-state index contributed by atoms with van der Waals surface area (Å²) in [6.07, 6.45) is 4.56. The van der Waals surface area contributed by atoms with Gasteiger partial charge in [-0.2, -0.15) is 5.26 Å². The highest BCUT2D eigenvalue weighted by Gasteiger charge is 2.35. The molecule has 1 aromatic carbocycles. The largest absolute Gasteiger partial charge is 0.337 e. The average molecular weight is 384 g/mol. The molecule has 1 unspecified atom stereocenters. The zero-order chi connectivity index (χ0) is 19.4. The fourth-order valence-corrected chi connectivity index (χ4v) is 4.24. The maximum Gasteiger partial charge on any atom is 0.234 e. The molecule has 1 atom stereocenters. The molecule has 27 heavy (non-hydrogen) atoms. The summed E-state index contributed by atoms with van der Waals surface area (Å²) in [6, 6.07) is 10.4. The fourth-order valence-electron chi connectivity index (χ4n) is 3.42. The Balaban J connectivity index is 1.70. The maximum atomic E-state index is 12.7. The molecule has 1 aliphatic carbocycles. The van der Waals surface area contributed by atoms with Crippen LogP contribution in [0.4, 0.5) is 0 Å². The van der Waals surface area contributed by atoms with Crippen molar-refractivity contribution >= 4 is 17.7 Å². The molecule has 0 spiro atoms. The van der Waals surface area contributed by atoms with Crippen LogP contribution >= 0.6 is 11.8 Å². The van der Waals surface area contributed by atoms with E-state index in [2.05, 4.69) is 27.6 Å². The van der Waals surface area contributed by atoms with E-state index in [9.17, 15) is 10.1 Å². The number of amides is 1. The molecule has 2 aromatic rings. The Morgan fingerprint density at radius 3 is 2.74 bits per heavy atom. The Hall–Kier alpha value is -2.33. The average Bonchev–Trinajstić information content (AvgIpc) is 3.03. The second kappa shape index (κ2) is 8.13. The summed E-state index contributed by atoms with van der Waals surface area (Å²) >= 11 is 1.36. The van der Waals surface area contributed by atoms with Crippen LogP contribution in [-0.4, -0.2) is 31.5 Å². The van der Waals surface area contributed by atoms with E-state index in [1.165, 1.54) is 11.8 Å². The highest BCUT2D eigenvalue weighted by molar-refractivity contribution is 8.00. The van der Waals surface area contributed by atoms with Gasteiger partial charge in [-0.3, -0.25) is 4.79 Å². The standard InChI is InChI=1S/C20H25N5OS/c1-14-8-7-9-16(12-14)17-23-24-19(25(17)3)27-15(2)18(26)22-20(13-21)10-5-4-6-11-20/h7-9,12,15H,4-6,10-11H2,1-3H3,(H,22,26). The predicted octanol–water partition coefficient (Wildman–Crippen LogP) is 3.61. The highest BCUT2D eigenvalue weighted by atomic mass is 32.2. The second-order valence-electron chi connectivity index (χ2n) is 7.24. The first kappa shape index (κ1) is 19.4. The molecule has 6 nitrogen and oxygen atoms in total. The van der Waals surface area contributed by atoms with Crippen LogP contribution in [0.15, 0.2) is 29.4 Å². The van der Waals surface area contributed by atoms with Gasteiger partial charge in [0, 0.05) is 12.6 Å². The lowest BCUT2D eigenvalue weighted by Gasteiger charge is -2.32. The van der Waals surface area contributed by atoms with Crippen LogP contribution in [0.1, 0.15) is 44.6 Å². The quantitative estimate of drug-likeness (QED) is 0.797. The van der Waals surface area contributed by atoms with Gasteiger partial charge >= 0.3 is 0 Å². The number of hydrogen-bond donors (Lipinski definition) is 1. The first-order chi connectivity index (χ1) is 12.9. The van der Waals surface area contributed by atoms with Gasteiger partial charge in [-0.1, -0.05) is 54.8 Å². The summed E-state index contributed by atoms with van der Waals surface area (Å²) in [7, 11) is 1.91. The lowest BCUT2D eigenvalue weighted by molar-refractivity contribution is -0.121. The number of rotatable bonds is 5. The number of carbonyl (C=O) groups is 1. The first-order valence-corrected chi connectivity index (χ1v) is 10.2. The van der Waals surface area contributed by atoms with Crippen molar-refractivity contribution in [3.05, 3.63) is 29.8 Å². The SMILES string of the molecule is Cc1cccc(-c2nnc(SC(C)C(=O)NC3(C#N)CCCCC3)n2C)c1. The number of nitrogens with one attached hydrogen (secondary N) is 1. The van der Waals surface area contributed by atoms with Crippen LogP contribution in [0.3, 0.4) is 0 Å². The number of carbonyl (C=O) groups excluding carboxylic acids is 1. The number of aromatic nitrogens is 3. The van der Waals surface area contributed by atoms with Crippen LogP contribution < -0.4 is 5.32 Å². The van der Waals surface area contributed by atoms with Gasteiger partial charge in [0.1, 0.15) is 5.54 Å². The Bertz CT molecular complexity index is 863. The molecular weight excluding hydrogens is 358 g/mol. The van der Waals surface area contributed by atoms with Gasteiger partial charge < -0.3 is 9.88 Å². The minimum atomic E-state index is -0.712. The van der Waals surface area contributed by atoms with Crippen molar-refractivity contribution in [2.45, 2.75) is 61.9 Å². The van der Waals surface area contributed by atoms with E-state index in [0.717, 1.165) is 49.1 Å². The molecule has 1 saturated carbocycles. The number of nitriles is 1. The summed E-state index contributed by atoms with van der Waals surface area (Å²) in [6.45, 7) is 3.88. The van der Waals surface area contributed by atoms with Crippen molar-refractivity contribution in [1.82, 2.24) is 20.1 Å². The van der Waals surface area contributed by atoms with Crippen molar-refractivity contribution in [3.63, 3.8) is 0 Å². The Kier molecular flexibility index (Phi) is 5.85. The van der Waals surface area contributed by atoms with Crippen LogP contribution in [0.5, 0.6) is 0 Å². The Morgan fingerprint density at radius 1 is 1.33 bits per heavy atom. The minimum Gasteiger partial charge on any atom is -0.337 e. The van der Waals surface area contributed by atoms with Crippen molar-refractivity contribution in [3.8, 4) is 17.5 Å². The van der Waals surface area contributed by atoms with Gasteiger partial charge in [-0.05, 0) is 32.8 Å². The Labute approximate surface area is 164 Å². The monoisotopic (exact) mass is 383 g/mol. The summed E-state index contributed by atoms with van der Waals surface area (Å²) < 4.78 is 1.91. The third-order valence-electron chi connectivity index (χ3n) is 5.05. The zero-order valence-electron chi connectivity index (χ0n) is 16.0. The summed E-state index contributed by atoms with van der Waals surface area (Å²) in [4.78, 5) is 12.7. The van der Waals surface area contributed by atoms with Crippen molar-refractivity contribution in [1.29, 1.82) is 5.26 Å². The van der Waals surface area contributed by atoms with E-state index in [4.69, 9.17) is 0 Å². The van der Waals surface area contributed by atoms with Crippen molar-refractivity contribution < 1.29 is 4.79 Å². The minimum absolute atomic E-state index is 0.122. The summed E-state index contributed by atoms with van der Waals surface area (Å²) in [5.41, 5.74) is 1.45. The molecular formula is C20H25N5OS. The molecule has 1 aliphatic rings. The molecule has 0 saturated heterocycles. The van der Waals surface area contributed by atoms with Gasteiger partial charge in [0.05, 0.1) is 11.3 Å². The normalized spacial score (nSPS) is 17.1. The highest BCUT2D eigenvalue weighted by Crippen LogP contribution is 2.30. The van der Waals surface area contributed by atoms with E-state index < -0.39 is 5.54 Å². The number of thioether (sulfide) groups is 1.